The van der Waals surface area contributed by atoms with Gasteiger partial charge in [-0.15, -0.1) is 0 Å². The summed E-state index contributed by atoms with van der Waals surface area (Å²) in [5.74, 6) is 0.0548. The van der Waals surface area contributed by atoms with Crippen molar-refractivity contribution in [3.8, 4) is 17.1 Å². The maximum atomic E-state index is 13.9. The van der Waals surface area contributed by atoms with Crippen LogP contribution in [0.4, 0.5) is 4.39 Å². The standard InChI is InChI=1S/C12H14FN3O3/c1-17-6-7-3-8(11(18-2)9(13)4-7)12-15-10(5-14)19-16-12/h3-4H,5-6,14H2,1-2H3. The second-order valence-corrected chi connectivity index (χ2v) is 3.81. The van der Waals surface area contributed by atoms with E-state index in [9.17, 15) is 4.39 Å². The fraction of sp³-hybridized carbons (Fsp3) is 0.333. The molecular weight excluding hydrogens is 253 g/mol. The Morgan fingerprint density at radius 3 is 2.74 bits per heavy atom. The summed E-state index contributed by atoms with van der Waals surface area (Å²) < 4.78 is 28.8. The first-order valence-corrected chi connectivity index (χ1v) is 5.58. The minimum atomic E-state index is -0.508. The van der Waals surface area contributed by atoms with E-state index in [1.54, 1.807) is 6.07 Å². The Morgan fingerprint density at radius 1 is 1.37 bits per heavy atom. The van der Waals surface area contributed by atoms with E-state index in [1.165, 1.54) is 20.3 Å². The van der Waals surface area contributed by atoms with Gasteiger partial charge in [0.15, 0.2) is 11.6 Å². The predicted molar refractivity (Wildman–Crippen MR) is 64.8 cm³/mol. The van der Waals surface area contributed by atoms with Crippen LogP contribution < -0.4 is 10.5 Å². The summed E-state index contributed by atoms with van der Waals surface area (Å²) in [6.45, 7) is 0.394. The third-order valence-corrected chi connectivity index (χ3v) is 2.50. The van der Waals surface area contributed by atoms with Gasteiger partial charge in [-0.2, -0.15) is 4.98 Å². The molecule has 19 heavy (non-hydrogen) atoms. The third-order valence-electron chi connectivity index (χ3n) is 2.50. The van der Waals surface area contributed by atoms with Gasteiger partial charge in [-0.25, -0.2) is 4.39 Å². The largest absolute Gasteiger partial charge is 0.493 e. The summed E-state index contributed by atoms with van der Waals surface area (Å²) in [5, 5.41) is 3.75. The van der Waals surface area contributed by atoms with Crippen LogP contribution in [0.1, 0.15) is 11.5 Å². The number of rotatable bonds is 5. The highest BCUT2D eigenvalue weighted by Gasteiger charge is 2.18. The van der Waals surface area contributed by atoms with Gasteiger partial charge in [0, 0.05) is 7.11 Å². The highest BCUT2D eigenvalue weighted by molar-refractivity contribution is 5.65. The van der Waals surface area contributed by atoms with Crippen LogP contribution >= 0.6 is 0 Å². The quantitative estimate of drug-likeness (QED) is 0.883. The minimum Gasteiger partial charge on any atom is -0.493 e. The van der Waals surface area contributed by atoms with Gasteiger partial charge in [-0.1, -0.05) is 5.16 Å². The summed E-state index contributed by atoms with van der Waals surface area (Å²) in [5.41, 5.74) is 6.45. The summed E-state index contributed by atoms with van der Waals surface area (Å²) in [4.78, 5) is 4.06. The molecule has 0 radical (unpaired) electrons. The molecule has 0 saturated heterocycles. The number of ether oxygens (including phenoxy) is 2. The van der Waals surface area contributed by atoms with E-state index in [1.807, 2.05) is 0 Å². The molecule has 0 bridgehead atoms. The van der Waals surface area contributed by atoms with Gasteiger partial charge >= 0.3 is 0 Å². The van der Waals surface area contributed by atoms with Crippen LogP contribution in [0, 0.1) is 5.82 Å². The molecule has 0 spiro atoms. The van der Waals surface area contributed by atoms with E-state index in [2.05, 4.69) is 10.1 Å². The zero-order valence-electron chi connectivity index (χ0n) is 10.6. The zero-order valence-corrected chi connectivity index (χ0v) is 10.6. The average Bonchev–Trinajstić information content (AvgIpc) is 2.87. The van der Waals surface area contributed by atoms with Crippen LogP contribution in [0.3, 0.4) is 0 Å². The van der Waals surface area contributed by atoms with Gasteiger partial charge < -0.3 is 19.7 Å². The molecule has 6 nitrogen and oxygen atoms in total. The molecular formula is C12H14FN3O3. The molecule has 0 fully saturated rings. The fourth-order valence-electron chi connectivity index (χ4n) is 1.72. The van der Waals surface area contributed by atoms with E-state index < -0.39 is 5.82 Å². The lowest BCUT2D eigenvalue weighted by Crippen LogP contribution is -1.98. The molecule has 2 N–H and O–H groups in total. The van der Waals surface area contributed by atoms with Crippen LogP contribution in [0.25, 0.3) is 11.4 Å². The van der Waals surface area contributed by atoms with Crippen molar-refractivity contribution in [1.29, 1.82) is 0 Å². The highest BCUT2D eigenvalue weighted by Crippen LogP contribution is 2.32. The summed E-state index contributed by atoms with van der Waals surface area (Å²) in [6.07, 6.45) is 0. The van der Waals surface area contributed by atoms with E-state index in [4.69, 9.17) is 19.7 Å². The lowest BCUT2D eigenvalue weighted by Gasteiger charge is -2.09. The van der Waals surface area contributed by atoms with Crippen molar-refractivity contribution < 1.29 is 18.4 Å². The molecule has 0 aliphatic heterocycles. The minimum absolute atomic E-state index is 0.0595. The first kappa shape index (κ1) is 13.4. The first-order valence-electron chi connectivity index (χ1n) is 5.58. The third kappa shape index (κ3) is 2.72. The number of aromatic nitrogens is 2. The van der Waals surface area contributed by atoms with Crippen LogP contribution in [-0.4, -0.2) is 24.4 Å². The van der Waals surface area contributed by atoms with E-state index in [0.29, 0.717) is 11.1 Å². The Labute approximate surface area is 109 Å². The number of halogens is 1. The zero-order chi connectivity index (χ0) is 13.8. The Balaban J connectivity index is 2.52. The summed E-state index contributed by atoms with van der Waals surface area (Å²) in [7, 11) is 2.91. The van der Waals surface area contributed by atoms with Gasteiger partial charge in [0.05, 0.1) is 25.8 Å². The molecule has 7 heteroatoms. The monoisotopic (exact) mass is 267 g/mol. The predicted octanol–water partition coefficient (Wildman–Crippen LogP) is 1.49. The first-order chi connectivity index (χ1) is 9.19. The van der Waals surface area contributed by atoms with Crippen molar-refractivity contribution in [3.63, 3.8) is 0 Å². The molecule has 102 valence electrons. The number of methoxy groups -OCH3 is 2. The number of nitrogens with zero attached hydrogens (tertiary/aromatic N) is 2. The Morgan fingerprint density at radius 2 is 2.16 bits per heavy atom. The molecule has 1 heterocycles. The van der Waals surface area contributed by atoms with Gasteiger partial charge in [-0.05, 0) is 17.7 Å². The number of nitrogens with two attached hydrogens (primary N) is 1. The topological polar surface area (TPSA) is 83.4 Å². The van der Waals surface area contributed by atoms with Gasteiger partial charge in [0.25, 0.3) is 0 Å². The fourth-order valence-corrected chi connectivity index (χ4v) is 1.72. The molecule has 2 rings (SSSR count). The maximum absolute atomic E-state index is 13.9. The van der Waals surface area contributed by atoms with Crippen LogP contribution in [0.15, 0.2) is 16.7 Å². The number of hydrogen-bond acceptors (Lipinski definition) is 6. The Bertz CT molecular complexity index is 571. The van der Waals surface area contributed by atoms with Gasteiger partial charge in [0.1, 0.15) is 0 Å². The van der Waals surface area contributed by atoms with Crippen LogP contribution in [0.2, 0.25) is 0 Å². The Hall–Kier alpha value is -1.99. The van der Waals surface area contributed by atoms with Gasteiger partial charge in [-0.3, -0.25) is 0 Å². The van der Waals surface area contributed by atoms with E-state index >= 15 is 0 Å². The number of hydrogen-bond donors (Lipinski definition) is 1. The smallest absolute Gasteiger partial charge is 0.240 e. The van der Waals surface area contributed by atoms with Crippen molar-refractivity contribution in [2.45, 2.75) is 13.2 Å². The van der Waals surface area contributed by atoms with Crippen molar-refractivity contribution in [2.75, 3.05) is 14.2 Å². The van der Waals surface area contributed by atoms with Crippen LogP contribution in [0.5, 0.6) is 5.75 Å². The van der Waals surface area contributed by atoms with Crippen LogP contribution in [-0.2, 0) is 17.9 Å². The second kappa shape index (κ2) is 5.77. The lowest BCUT2D eigenvalue weighted by molar-refractivity contribution is 0.184. The lowest BCUT2D eigenvalue weighted by atomic mass is 10.1. The Kier molecular flexibility index (Phi) is 4.08. The molecule has 0 unspecified atom stereocenters. The molecule has 0 atom stereocenters. The van der Waals surface area contributed by atoms with Crippen molar-refractivity contribution in [1.82, 2.24) is 10.1 Å². The normalized spacial score (nSPS) is 10.7. The van der Waals surface area contributed by atoms with Crippen molar-refractivity contribution in [2.24, 2.45) is 5.73 Å². The molecule has 0 aliphatic rings. The SMILES string of the molecule is COCc1cc(F)c(OC)c(-c2noc(CN)n2)c1. The average molecular weight is 267 g/mol. The maximum Gasteiger partial charge on any atom is 0.240 e. The van der Waals surface area contributed by atoms with Crippen molar-refractivity contribution in [3.05, 3.63) is 29.4 Å². The van der Waals surface area contributed by atoms with E-state index in [-0.39, 0.29) is 30.6 Å². The molecule has 0 saturated carbocycles. The molecule has 0 aliphatic carbocycles. The second-order valence-electron chi connectivity index (χ2n) is 3.81. The van der Waals surface area contributed by atoms with Crippen molar-refractivity contribution >= 4 is 0 Å². The summed E-state index contributed by atoms with van der Waals surface area (Å²) in [6, 6.07) is 3.03. The molecule has 1 aromatic heterocycles. The molecule has 2 aromatic rings. The highest BCUT2D eigenvalue weighted by atomic mass is 19.1. The van der Waals surface area contributed by atoms with Gasteiger partial charge in [0.2, 0.25) is 11.7 Å². The number of benzene rings is 1. The van der Waals surface area contributed by atoms with E-state index in [0.717, 1.165) is 0 Å². The summed E-state index contributed by atoms with van der Waals surface area (Å²) >= 11 is 0. The molecule has 1 aromatic carbocycles. The molecule has 0 amide bonds.